The molecular formula is C15H11N4NaO5S. The second-order valence-electron chi connectivity index (χ2n) is 4.84. The molecule has 0 spiro atoms. The Kier molecular flexibility index (Phi) is 6.51. The van der Waals surface area contributed by atoms with Crippen molar-refractivity contribution in [3.05, 3.63) is 60.0 Å². The Morgan fingerprint density at radius 2 is 1.96 bits per heavy atom. The van der Waals surface area contributed by atoms with Crippen molar-refractivity contribution in [3.8, 4) is 11.3 Å². The van der Waals surface area contributed by atoms with Gasteiger partial charge in [-0.2, -0.15) is 10.2 Å². The molecule has 2 N–H and O–H groups in total. The van der Waals surface area contributed by atoms with Crippen molar-refractivity contribution in [2.75, 3.05) is 0 Å². The molecule has 0 atom stereocenters. The van der Waals surface area contributed by atoms with Gasteiger partial charge in [0.2, 0.25) is 5.09 Å². The van der Waals surface area contributed by atoms with E-state index >= 15 is 0 Å². The van der Waals surface area contributed by atoms with Gasteiger partial charge in [0.25, 0.3) is 5.91 Å². The number of hydrogen-bond donors (Lipinski definition) is 2. The van der Waals surface area contributed by atoms with E-state index in [2.05, 4.69) is 20.7 Å². The van der Waals surface area contributed by atoms with Gasteiger partial charge in [-0.25, -0.2) is 13.8 Å². The van der Waals surface area contributed by atoms with Crippen LogP contribution in [0.2, 0.25) is 0 Å². The number of amides is 1. The van der Waals surface area contributed by atoms with Gasteiger partial charge in [-0.3, -0.25) is 9.89 Å². The maximum Gasteiger partial charge on any atom is 1.00 e. The number of hydrazone groups is 1. The Hall–Kier alpha value is -2.24. The molecule has 0 aliphatic heterocycles. The third kappa shape index (κ3) is 4.90. The molecule has 26 heavy (non-hydrogen) atoms. The molecule has 128 valence electrons. The number of aromatic nitrogens is 2. The van der Waals surface area contributed by atoms with Crippen LogP contribution in [0.5, 0.6) is 0 Å². The van der Waals surface area contributed by atoms with E-state index in [0.29, 0.717) is 5.69 Å². The first kappa shape index (κ1) is 20.1. The molecule has 0 radical (unpaired) electrons. The third-order valence-electron chi connectivity index (χ3n) is 3.10. The summed E-state index contributed by atoms with van der Waals surface area (Å²) in [4.78, 5) is 12.0. The number of H-pyrrole nitrogens is 1. The van der Waals surface area contributed by atoms with E-state index < -0.39 is 21.1 Å². The zero-order valence-electron chi connectivity index (χ0n) is 13.5. The molecule has 0 fully saturated rings. The summed E-state index contributed by atoms with van der Waals surface area (Å²) in [5.41, 5.74) is 3.88. The van der Waals surface area contributed by atoms with Gasteiger partial charge < -0.3 is 8.97 Å². The van der Waals surface area contributed by atoms with Crippen LogP contribution >= 0.6 is 0 Å². The second-order valence-corrected chi connectivity index (χ2v) is 6.15. The van der Waals surface area contributed by atoms with Crippen molar-refractivity contribution in [2.24, 2.45) is 5.10 Å². The summed E-state index contributed by atoms with van der Waals surface area (Å²) in [5.74, 6) is -0.543. The minimum absolute atomic E-state index is 0. The van der Waals surface area contributed by atoms with Gasteiger partial charge in [-0.1, -0.05) is 30.3 Å². The van der Waals surface area contributed by atoms with Crippen LogP contribution in [0, 0.1) is 0 Å². The molecule has 9 nitrogen and oxygen atoms in total. The fourth-order valence-corrected chi connectivity index (χ4v) is 2.38. The van der Waals surface area contributed by atoms with Gasteiger partial charge in [-0.15, -0.1) is 0 Å². The first-order valence-corrected chi connectivity index (χ1v) is 8.34. The molecule has 3 rings (SSSR count). The summed E-state index contributed by atoms with van der Waals surface area (Å²) < 4.78 is 37.1. The van der Waals surface area contributed by atoms with Gasteiger partial charge in [-0.05, 0) is 18.2 Å². The zero-order chi connectivity index (χ0) is 17.9. The van der Waals surface area contributed by atoms with Crippen molar-refractivity contribution in [3.63, 3.8) is 0 Å². The summed E-state index contributed by atoms with van der Waals surface area (Å²) in [5, 5.41) is 9.55. The topological polar surface area (TPSA) is 140 Å². The van der Waals surface area contributed by atoms with E-state index in [9.17, 15) is 17.8 Å². The van der Waals surface area contributed by atoms with Gasteiger partial charge in [0.15, 0.2) is 10.1 Å². The summed E-state index contributed by atoms with van der Waals surface area (Å²) >= 11 is 0. The van der Waals surface area contributed by atoms with Crippen molar-refractivity contribution >= 4 is 22.2 Å². The fourth-order valence-electron chi connectivity index (χ4n) is 1.95. The van der Waals surface area contributed by atoms with E-state index in [1.165, 1.54) is 6.07 Å². The maximum absolute atomic E-state index is 12.0. The largest absolute Gasteiger partial charge is 1.00 e. The van der Waals surface area contributed by atoms with E-state index in [-0.39, 0.29) is 41.0 Å². The molecule has 0 saturated carbocycles. The number of carbonyl (C=O) groups excluding carboxylic acids is 1. The smallest absolute Gasteiger partial charge is 0.742 e. The van der Waals surface area contributed by atoms with Gasteiger partial charge >= 0.3 is 29.6 Å². The molecule has 11 heteroatoms. The van der Waals surface area contributed by atoms with Crippen LogP contribution in [0.1, 0.15) is 16.2 Å². The molecule has 1 aromatic carbocycles. The number of furan rings is 1. The second kappa shape index (κ2) is 8.43. The Balaban J connectivity index is 0.00000243. The minimum Gasteiger partial charge on any atom is -0.742 e. The molecule has 0 unspecified atom stereocenters. The van der Waals surface area contributed by atoms with E-state index in [1.54, 1.807) is 6.07 Å². The molecular weight excluding hydrogens is 371 g/mol. The summed E-state index contributed by atoms with van der Waals surface area (Å²) in [6.45, 7) is 0. The predicted molar refractivity (Wildman–Crippen MR) is 85.8 cm³/mol. The van der Waals surface area contributed by atoms with Crippen molar-refractivity contribution in [1.82, 2.24) is 15.6 Å². The Morgan fingerprint density at radius 3 is 2.62 bits per heavy atom. The standard InChI is InChI=1S/C15H12N4O5S.Na/c20-15(13-8-12(17-18-13)10-4-2-1-3-5-10)19-16-9-11-6-7-14(24-11)25(21,22)23;/h1-9H,(H,17,18)(H,19,20)(H,21,22,23);/q;+1/p-1. The quantitative estimate of drug-likeness (QED) is 0.234. The number of hydrogen-bond acceptors (Lipinski definition) is 7. The Morgan fingerprint density at radius 1 is 1.23 bits per heavy atom. The van der Waals surface area contributed by atoms with Crippen LogP contribution < -0.4 is 35.0 Å². The predicted octanol–water partition coefficient (Wildman–Crippen LogP) is -1.66. The Bertz CT molecular complexity index is 1030. The summed E-state index contributed by atoms with van der Waals surface area (Å²) in [6, 6.07) is 13.1. The third-order valence-corrected chi connectivity index (χ3v) is 3.81. The SMILES string of the molecule is O=C(NN=Cc1ccc(S(=O)(=O)[O-])o1)c1cc(-c2ccccc2)n[nH]1.[Na+]. The van der Waals surface area contributed by atoms with Crippen molar-refractivity contribution in [2.45, 2.75) is 5.09 Å². The number of benzene rings is 1. The molecule has 0 bridgehead atoms. The van der Waals surface area contributed by atoms with Gasteiger partial charge in [0.05, 0.1) is 11.9 Å². The maximum atomic E-state index is 12.0. The van der Waals surface area contributed by atoms with Crippen LogP contribution in [0.25, 0.3) is 11.3 Å². The average molecular weight is 382 g/mol. The van der Waals surface area contributed by atoms with Crippen LogP contribution in [0.4, 0.5) is 0 Å². The number of carbonyl (C=O) groups is 1. The fraction of sp³-hybridized carbons (Fsp3) is 0. The van der Waals surface area contributed by atoms with E-state index in [1.807, 2.05) is 30.3 Å². The van der Waals surface area contributed by atoms with Crippen LogP contribution in [0.15, 0.2) is 63.1 Å². The zero-order valence-corrected chi connectivity index (χ0v) is 16.4. The molecule has 1 amide bonds. The van der Waals surface area contributed by atoms with Crippen molar-refractivity contribution < 1.29 is 51.7 Å². The van der Waals surface area contributed by atoms with Crippen LogP contribution in [-0.2, 0) is 10.1 Å². The first-order chi connectivity index (χ1) is 11.9. The van der Waals surface area contributed by atoms with Crippen LogP contribution in [-0.4, -0.2) is 35.3 Å². The van der Waals surface area contributed by atoms with E-state index in [0.717, 1.165) is 17.8 Å². The molecule has 2 heterocycles. The monoisotopic (exact) mass is 382 g/mol. The summed E-state index contributed by atoms with van der Waals surface area (Å²) in [7, 11) is -4.67. The number of nitrogens with zero attached hydrogens (tertiary/aromatic N) is 2. The first-order valence-electron chi connectivity index (χ1n) is 6.93. The van der Waals surface area contributed by atoms with Crippen LogP contribution in [0.3, 0.4) is 0 Å². The van der Waals surface area contributed by atoms with Gasteiger partial charge in [0, 0.05) is 5.56 Å². The number of rotatable bonds is 5. The van der Waals surface area contributed by atoms with Gasteiger partial charge in [0.1, 0.15) is 11.5 Å². The Labute approximate surface area is 170 Å². The normalized spacial score (nSPS) is 11.3. The number of nitrogens with one attached hydrogen (secondary N) is 2. The molecule has 0 aliphatic rings. The van der Waals surface area contributed by atoms with E-state index in [4.69, 9.17) is 4.42 Å². The summed E-state index contributed by atoms with van der Waals surface area (Å²) in [6.07, 6.45) is 1.07. The molecule has 0 saturated heterocycles. The minimum atomic E-state index is -4.67. The number of aromatic amines is 1. The molecule has 3 aromatic rings. The van der Waals surface area contributed by atoms with Crippen molar-refractivity contribution in [1.29, 1.82) is 0 Å². The average Bonchev–Trinajstić information content (AvgIpc) is 3.25. The molecule has 0 aliphatic carbocycles. The molecule has 2 aromatic heterocycles.